The third-order valence-corrected chi connectivity index (χ3v) is 7.41. The van der Waals surface area contributed by atoms with Crippen LogP contribution < -0.4 is 10.2 Å². The standard InChI is InChI=1S/C32H39N3O4/c1-22(28-11-7-9-24-8-5-6-10-29(24)28)33-25-16-17-34(19-25)26-14-12-23(13-15-26)18-30(36)38-27-20-35(21-27)31(37)39-32(2,3)4/h5-15,22,25,27,33H,16-21H2,1-4H3/t22-,25+/m1/s1. The highest BCUT2D eigenvalue weighted by molar-refractivity contribution is 5.86. The van der Waals surface area contributed by atoms with Crippen LogP contribution in [0, 0.1) is 0 Å². The van der Waals surface area contributed by atoms with Crippen LogP contribution in [0.3, 0.4) is 0 Å². The number of anilines is 1. The SMILES string of the molecule is C[C@@H](N[C@H]1CCN(c2ccc(CC(=O)OC3CN(C(=O)OC(C)(C)C)C3)cc2)C1)c1cccc2ccccc12. The summed E-state index contributed by atoms with van der Waals surface area (Å²) in [5.41, 5.74) is 2.89. The van der Waals surface area contributed by atoms with Gasteiger partial charge in [-0.1, -0.05) is 54.6 Å². The van der Waals surface area contributed by atoms with Crippen molar-refractivity contribution >= 4 is 28.5 Å². The van der Waals surface area contributed by atoms with Crippen molar-refractivity contribution in [2.24, 2.45) is 0 Å². The molecule has 1 amide bonds. The number of esters is 1. The highest BCUT2D eigenvalue weighted by Gasteiger charge is 2.36. The van der Waals surface area contributed by atoms with E-state index in [1.54, 1.807) is 4.90 Å². The second kappa shape index (κ2) is 11.3. The molecule has 0 aliphatic carbocycles. The van der Waals surface area contributed by atoms with E-state index >= 15 is 0 Å². The summed E-state index contributed by atoms with van der Waals surface area (Å²) in [6, 6.07) is 23.9. The molecule has 2 aliphatic heterocycles. The largest absolute Gasteiger partial charge is 0.458 e. The number of nitrogens with zero attached hydrogens (tertiary/aromatic N) is 2. The zero-order valence-electron chi connectivity index (χ0n) is 23.4. The van der Waals surface area contributed by atoms with E-state index in [4.69, 9.17) is 9.47 Å². The molecule has 2 atom stereocenters. The number of fused-ring (bicyclic) bond motifs is 1. The van der Waals surface area contributed by atoms with Gasteiger partial charge in [0.25, 0.3) is 0 Å². The molecule has 39 heavy (non-hydrogen) atoms. The first-order valence-corrected chi connectivity index (χ1v) is 13.9. The van der Waals surface area contributed by atoms with E-state index in [9.17, 15) is 9.59 Å². The molecule has 0 spiro atoms. The summed E-state index contributed by atoms with van der Waals surface area (Å²) in [4.78, 5) is 28.4. The molecule has 0 bridgehead atoms. The van der Waals surface area contributed by atoms with E-state index in [-0.39, 0.29) is 30.6 Å². The molecule has 2 fully saturated rings. The van der Waals surface area contributed by atoms with Gasteiger partial charge in [0.15, 0.2) is 0 Å². The molecule has 7 nitrogen and oxygen atoms in total. The van der Waals surface area contributed by atoms with Crippen LogP contribution >= 0.6 is 0 Å². The molecule has 0 radical (unpaired) electrons. The fraction of sp³-hybridized carbons (Fsp3) is 0.438. The van der Waals surface area contributed by atoms with Gasteiger partial charge in [0, 0.05) is 30.9 Å². The Morgan fingerprint density at radius 1 is 0.974 bits per heavy atom. The van der Waals surface area contributed by atoms with Crippen molar-refractivity contribution in [1.82, 2.24) is 10.2 Å². The summed E-state index contributed by atoms with van der Waals surface area (Å²) in [5.74, 6) is -0.274. The van der Waals surface area contributed by atoms with Crippen molar-refractivity contribution < 1.29 is 19.1 Å². The molecular weight excluding hydrogens is 490 g/mol. The number of rotatable bonds is 7. The van der Waals surface area contributed by atoms with Gasteiger partial charge in [0.05, 0.1) is 19.5 Å². The molecule has 2 heterocycles. The minimum absolute atomic E-state index is 0.218. The maximum atomic E-state index is 12.4. The van der Waals surface area contributed by atoms with Gasteiger partial charge in [-0.25, -0.2) is 4.79 Å². The molecule has 0 aromatic heterocycles. The van der Waals surface area contributed by atoms with Gasteiger partial charge in [-0.05, 0) is 68.1 Å². The van der Waals surface area contributed by atoms with Gasteiger partial charge < -0.3 is 24.6 Å². The molecule has 1 N–H and O–H groups in total. The maximum Gasteiger partial charge on any atom is 0.410 e. The zero-order valence-corrected chi connectivity index (χ0v) is 23.4. The molecule has 5 rings (SSSR count). The van der Waals surface area contributed by atoms with Crippen LogP contribution in [0.25, 0.3) is 10.8 Å². The topological polar surface area (TPSA) is 71.1 Å². The monoisotopic (exact) mass is 529 g/mol. The Morgan fingerprint density at radius 2 is 1.69 bits per heavy atom. The minimum Gasteiger partial charge on any atom is -0.458 e. The third-order valence-electron chi connectivity index (χ3n) is 7.41. The van der Waals surface area contributed by atoms with Crippen molar-refractivity contribution in [2.45, 2.75) is 64.3 Å². The molecular formula is C32H39N3O4. The smallest absolute Gasteiger partial charge is 0.410 e. The molecule has 2 saturated heterocycles. The lowest BCUT2D eigenvalue weighted by Crippen LogP contribution is -2.56. The fourth-order valence-electron chi connectivity index (χ4n) is 5.41. The number of ether oxygens (including phenoxy) is 2. The highest BCUT2D eigenvalue weighted by Crippen LogP contribution is 2.27. The van der Waals surface area contributed by atoms with E-state index in [0.717, 1.165) is 25.1 Å². The molecule has 3 aromatic carbocycles. The number of hydrogen-bond acceptors (Lipinski definition) is 6. The first kappa shape index (κ1) is 27.0. The van der Waals surface area contributed by atoms with Crippen LogP contribution in [-0.4, -0.2) is 60.9 Å². The predicted molar refractivity (Wildman–Crippen MR) is 154 cm³/mol. The van der Waals surface area contributed by atoms with E-state index in [1.807, 2.05) is 32.9 Å². The van der Waals surface area contributed by atoms with E-state index in [1.165, 1.54) is 22.0 Å². The van der Waals surface area contributed by atoms with Gasteiger partial charge in [0.2, 0.25) is 0 Å². The Balaban J connectivity index is 1.07. The Hall–Kier alpha value is -3.58. The Morgan fingerprint density at radius 3 is 2.44 bits per heavy atom. The zero-order chi connectivity index (χ0) is 27.6. The summed E-state index contributed by atoms with van der Waals surface area (Å²) in [6.07, 6.45) is 0.670. The third kappa shape index (κ3) is 6.71. The second-order valence-corrected chi connectivity index (χ2v) is 11.7. The van der Waals surface area contributed by atoms with Crippen LogP contribution in [0.2, 0.25) is 0 Å². The quantitative estimate of drug-likeness (QED) is 0.409. The van der Waals surface area contributed by atoms with Crippen LogP contribution in [0.5, 0.6) is 0 Å². The molecule has 3 aromatic rings. The van der Waals surface area contributed by atoms with Crippen molar-refractivity contribution in [3.63, 3.8) is 0 Å². The number of likely N-dealkylation sites (tertiary alicyclic amines) is 1. The lowest BCUT2D eigenvalue weighted by Gasteiger charge is -2.38. The first-order valence-electron chi connectivity index (χ1n) is 13.9. The van der Waals surface area contributed by atoms with Gasteiger partial charge >= 0.3 is 12.1 Å². The number of amides is 1. The molecule has 206 valence electrons. The van der Waals surface area contributed by atoms with E-state index in [0.29, 0.717) is 19.1 Å². The minimum atomic E-state index is -0.534. The fourth-order valence-corrected chi connectivity index (χ4v) is 5.41. The van der Waals surface area contributed by atoms with Crippen molar-refractivity contribution in [3.8, 4) is 0 Å². The van der Waals surface area contributed by atoms with Crippen LogP contribution in [0.1, 0.15) is 51.3 Å². The molecule has 2 aliphatic rings. The predicted octanol–water partition coefficient (Wildman–Crippen LogP) is 5.47. The average molecular weight is 530 g/mol. The van der Waals surface area contributed by atoms with Crippen molar-refractivity contribution in [3.05, 3.63) is 77.9 Å². The average Bonchev–Trinajstić information content (AvgIpc) is 3.33. The van der Waals surface area contributed by atoms with Gasteiger partial charge in [-0.15, -0.1) is 0 Å². The number of hydrogen-bond donors (Lipinski definition) is 1. The van der Waals surface area contributed by atoms with Crippen LogP contribution in [-0.2, 0) is 20.7 Å². The van der Waals surface area contributed by atoms with Crippen LogP contribution in [0.4, 0.5) is 10.5 Å². The summed E-state index contributed by atoms with van der Waals surface area (Å²) < 4.78 is 10.9. The molecule has 7 heteroatoms. The Kier molecular flexibility index (Phi) is 7.80. The van der Waals surface area contributed by atoms with Gasteiger partial charge in [0.1, 0.15) is 11.7 Å². The lowest BCUT2D eigenvalue weighted by molar-refractivity contribution is -0.156. The van der Waals surface area contributed by atoms with E-state index < -0.39 is 5.60 Å². The van der Waals surface area contributed by atoms with Crippen LogP contribution in [0.15, 0.2) is 66.7 Å². The summed E-state index contributed by atoms with van der Waals surface area (Å²) in [7, 11) is 0. The lowest BCUT2D eigenvalue weighted by atomic mass is 9.99. The van der Waals surface area contributed by atoms with E-state index in [2.05, 4.69) is 71.7 Å². The number of carbonyl (C=O) groups is 2. The van der Waals surface area contributed by atoms with Crippen molar-refractivity contribution in [1.29, 1.82) is 0 Å². The Bertz CT molecular complexity index is 1310. The first-order chi connectivity index (χ1) is 18.6. The maximum absolute atomic E-state index is 12.4. The highest BCUT2D eigenvalue weighted by atomic mass is 16.6. The number of nitrogens with one attached hydrogen (secondary N) is 1. The summed E-state index contributed by atoms with van der Waals surface area (Å²) in [5, 5.41) is 6.42. The van der Waals surface area contributed by atoms with Gasteiger partial charge in [-0.2, -0.15) is 0 Å². The molecule has 0 unspecified atom stereocenters. The number of benzene rings is 3. The van der Waals surface area contributed by atoms with Gasteiger partial charge in [-0.3, -0.25) is 4.79 Å². The normalized spacial score (nSPS) is 18.6. The second-order valence-electron chi connectivity index (χ2n) is 11.7. The Labute approximate surface area is 231 Å². The summed E-state index contributed by atoms with van der Waals surface area (Å²) in [6.45, 7) is 10.5. The van der Waals surface area contributed by atoms with Crippen molar-refractivity contribution in [2.75, 3.05) is 31.1 Å². The summed E-state index contributed by atoms with van der Waals surface area (Å²) >= 11 is 0. The molecule has 0 saturated carbocycles. The number of carbonyl (C=O) groups excluding carboxylic acids is 2.